The van der Waals surface area contributed by atoms with Gasteiger partial charge in [0, 0.05) is 9.65 Å². The van der Waals surface area contributed by atoms with E-state index in [1.807, 2.05) is 13.8 Å². The Morgan fingerprint density at radius 1 is 1.18 bits per heavy atom. The molecule has 1 heterocycles. The molecule has 0 aromatic heterocycles. The number of alkyl halides is 2. The van der Waals surface area contributed by atoms with Crippen LogP contribution in [0.3, 0.4) is 0 Å². The summed E-state index contributed by atoms with van der Waals surface area (Å²) >= 11 is 7.71. The van der Waals surface area contributed by atoms with Crippen LogP contribution >= 0.6 is 31.9 Å². The lowest BCUT2D eigenvalue weighted by Gasteiger charge is -2.46. The molecule has 0 radical (unpaired) electrons. The van der Waals surface area contributed by atoms with Gasteiger partial charge < -0.3 is 14.9 Å². The predicted octanol–water partition coefficient (Wildman–Crippen LogP) is 6.86. The molecule has 33 heavy (non-hydrogen) atoms. The van der Waals surface area contributed by atoms with Gasteiger partial charge in [0.2, 0.25) is 0 Å². The summed E-state index contributed by atoms with van der Waals surface area (Å²) in [5, 5.41) is 21.9. The smallest absolute Gasteiger partial charge is 0.338 e. The Bertz CT molecular complexity index is 938. The molecular weight excluding hydrogens is 548 g/mol. The summed E-state index contributed by atoms with van der Waals surface area (Å²) in [6.07, 6.45) is 6.04. The highest BCUT2D eigenvalue weighted by atomic mass is 79.9. The molecule has 6 heteroatoms. The van der Waals surface area contributed by atoms with E-state index in [4.69, 9.17) is 4.74 Å². The number of hydrogen-bond acceptors (Lipinski definition) is 4. The van der Waals surface area contributed by atoms with E-state index >= 15 is 0 Å². The average molecular weight is 584 g/mol. The van der Waals surface area contributed by atoms with E-state index < -0.39 is 17.7 Å². The number of cyclic esters (lactones) is 1. The fraction of sp³-hybridized carbons (Fsp3) is 0.593. The van der Waals surface area contributed by atoms with E-state index in [2.05, 4.69) is 58.4 Å². The molecule has 6 unspecified atom stereocenters. The summed E-state index contributed by atoms with van der Waals surface area (Å²) in [4.78, 5) is 13.2. The maximum Gasteiger partial charge on any atom is 0.338 e. The molecule has 4 nitrogen and oxygen atoms in total. The van der Waals surface area contributed by atoms with Crippen LogP contribution in [-0.2, 0) is 11.2 Å². The standard InChI is InChI=1S/C27H36Br2O4/c1-16(2)22-10-13-27(5,32)24(29)11-12-26(4)20(17(3)6-9-23(26)28)15-19-14-18(25(31)33-22)7-8-21(19)30/h6-8,14,20,22-24,30,32H,1,9-13,15H2,2-5H3. The number of aliphatic hydroxyl groups is 1. The summed E-state index contributed by atoms with van der Waals surface area (Å²) in [5.41, 5.74) is 2.18. The van der Waals surface area contributed by atoms with Gasteiger partial charge in [-0.05, 0) is 100.0 Å². The topological polar surface area (TPSA) is 66.8 Å². The van der Waals surface area contributed by atoms with Gasteiger partial charge in [-0.1, -0.05) is 57.0 Å². The molecule has 3 rings (SSSR count). The van der Waals surface area contributed by atoms with Gasteiger partial charge in [-0.2, -0.15) is 0 Å². The second-order valence-corrected chi connectivity index (χ2v) is 12.6. The number of phenols is 1. The van der Waals surface area contributed by atoms with Gasteiger partial charge in [0.1, 0.15) is 11.9 Å². The molecule has 0 saturated heterocycles. The third-order valence-electron chi connectivity index (χ3n) is 7.77. The van der Waals surface area contributed by atoms with Crippen LogP contribution in [-0.4, -0.2) is 37.5 Å². The molecule has 182 valence electrons. The van der Waals surface area contributed by atoms with Gasteiger partial charge in [-0.25, -0.2) is 4.79 Å². The van der Waals surface area contributed by atoms with Crippen LogP contribution in [0.15, 0.2) is 42.0 Å². The van der Waals surface area contributed by atoms with Crippen molar-refractivity contribution in [3.8, 4) is 5.75 Å². The molecule has 1 aromatic rings. The Morgan fingerprint density at radius 2 is 1.88 bits per heavy atom. The molecular formula is C27H36Br2O4. The van der Waals surface area contributed by atoms with Crippen molar-refractivity contribution in [3.63, 3.8) is 0 Å². The molecule has 1 aliphatic heterocycles. The van der Waals surface area contributed by atoms with E-state index in [1.165, 1.54) is 5.57 Å². The van der Waals surface area contributed by atoms with E-state index in [1.54, 1.807) is 18.2 Å². The lowest BCUT2D eigenvalue weighted by Crippen LogP contribution is -2.43. The Balaban J connectivity index is 2.06. The lowest BCUT2D eigenvalue weighted by atomic mass is 9.62. The minimum Gasteiger partial charge on any atom is -0.508 e. The normalized spacial score (nSPS) is 36.0. The number of carbonyl (C=O) groups is 1. The molecule has 1 aromatic carbocycles. The largest absolute Gasteiger partial charge is 0.508 e. The number of hydrogen-bond donors (Lipinski definition) is 2. The van der Waals surface area contributed by atoms with Crippen LogP contribution in [0.1, 0.15) is 75.7 Å². The number of benzene rings is 1. The van der Waals surface area contributed by atoms with Crippen molar-refractivity contribution in [2.75, 3.05) is 0 Å². The zero-order valence-electron chi connectivity index (χ0n) is 20.0. The SMILES string of the molecule is C=C(C)C1CCC(C)(O)C(Br)CCC2(C)C(Br)CC=C(C)C2Cc2cc(ccc2O)C(=O)O1. The number of phenolic OH excluding ortho intramolecular Hbond substituents is 1. The Hall–Kier alpha value is -1.11. The summed E-state index contributed by atoms with van der Waals surface area (Å²) in [5.74, 6) is -0.0580. The third kappa shape index (κ3) is 5.76. The van der Waals surface area contributed by atoms with Crippen LogP contribution in [0.25, 0.3) is 0 Å². The first-order chi connectivity index (χ1) is 15.3. The zero-order chi connectivity index (χ0) is 24.6. The Morgan fingerprint density at radius 3 is 2.55 bits per heavy atom. The van der Waals surface area contributed by atoms with Crippen molar-refractivity contribution in [1.82, 2.24) is 0 Å². The highest BCUT2D eigenvalue weighted by molar-refractivity contribution is 9.09. The van der Waals surface area contributed by atoms with E-state index in [-0.39, 0.29) is 26.7 Å². The number of ether oxygens (including phenoxy) is 1. The van der Waals surface area contributed by atoms with Crippen LogP contribution in [0, 0.1) is 11.3 Å². The fourth-order valence-electron chi connectivity index (χ4n) is 5.19. The Kier molecular flexibility index (Phi) is 8.23. The van der Waals surface area contributed by atoms with Crippen molar-refractivity contribution in [3.05, 3.63) is 53.1 Å². The quantitative estimate of drug-likeness (QED) is 0.215. The van der Waals surface area contributed by atoms with Crippen LogP contribution in [0.4, 0.5) is 0 Å². The molecule has 1 aliphatic carbocycles. The monoisotopic (exact) mass is 582 g/mol. The molecule has 0 spiro atoms. The van der Waals surface area contributed by atoms with Crippen molar-refractivity contribution >= 4 is 37.8 Å². The minimum absolute atomic E-state index is 0.0791. The van der Waals surface area contributed by atoms with Gasteiger partial charge in [-0.15, -0.1) is 0 Å². The summed E-state index contributed by atoms with van der Waals surface area (Å²) < 4.78 is 5.79. The number of aromatic hydroxyl groups is 1. The fourth-order valence-corrected chi connectivity index (χ4v) is 6.38. The molecule has 2 N–H and O–H groups in total. The van der Waals surface area contributed by atoms with E-state index in [0.29, 0.717) is 24.8 Å². The van der Waals surface area contributed by atoms with Gasteiger partial charge in [0.15, 0.2) is 0 Å². The van der Waals surface area contributed by atoms with Crippen LogP contribution in [0.5, 0.6) is 5.75 Å². The number of halogens is 2. The van der Waals surface area contributed by atoms with E-state index in [0.717, 1.165) is 30.4 Å². The number of fused-ring (bicyclic) bond motifs is 3. The number of esters is 1. The number of rotatable bonds is 1. The second kappa shape index (κ2) is 10.2. The predicted molar refractivity (Wildman–Crippen MR) is 140 cm³/mol. The average Bonchev–Trinajstić information content (AvgIpc) is 2.75. The van der Waals surface area contributed by atoms with Gasteiger partial charge in [-0.3, -0.25) is 0 Å². The third-order valence-corrected chi connectivity index (χ3v) is 10.6. The van der Waals surface area contributed by atoms with Gasteiger partial charge in [0.05, 0.1) is 11.2 Å². The highest BCUT2D eigenvalue weighted by Gasteiger charge is 2.44. The van der Waals surface area contributed by atoms with Crippen LogP contribution < -0.4 is 0 Å². The molecule has 0 saturated carbocycles. The van der Waals surface area contributed by atoms with Crippen molar-refractivity contribution < 1.29 is 19.7 Å². The first-order valence-electron chi connectivity index (χ1n) is 11.7. The molecule has 2 bridgehead atoms. The van der Waals surface area contributed by atoms with Crippen LogP contribution in [0.2, 0.25) is 0 Å². The van der Waals surface area contributed by atoms with Gasteiger partial charge in [0.25, 0.3) is 0 Å². The Labute approximate surface area is 214 Å². The van der Waals surface area contributed by atoms with Crippen molar-refractivity contribution in [2.24, 2.45) is 11.3 Å². The molecule has 0 amide bonds. The summed E-state index contributed by atoms with van der Waals surface area (Å²) in [6, 6.07) is 4.96. The van der Waals surface area contributed by atoms with Crippen molar-refractivity contribution in [1.29, 1.82) is 0 Å². The zero-order valence-corrected chi connectivity index (χ0v) is 23.2. The van der Waals surface area contributed by atoms with Gasteiger partial charge >= 0.3 is 5.97 Å². The van der Waals surface area contributed by atoms with E-state index in [9.17, 15) is 15.0 Å². The number of allylic oxidation sites excluding steroid dienone is 2. The second-order valence-electron chi connectivity index (χ2n) is 10.4. The molecule has 2 aliphatic rings. The molecule has 6 atom stereocenters. The minimum atomic E-state index is -0.955. The molecule has 0 fully saturated rings. The number of carbonyl (C=O) groups excluding carboxylic acids is 1. The lowest BCUT2D eigenvalue weighted by molar-refractivity contribution is 0.0134. The first-order valence-corrected chi connectivity index (χ1v) is 13.5. The highest BCUT2D eigenvalue weighted by Crippen LogP contribution is 2.51. The maximum absolute atomic E-state index is 13.0. The van der Waals surface area contributed by atoms with Crippen molar-refractivity contribution in [2.45, 2.75) is 87.6 Å². The first kappa shape index (κ1) is 26.5. The maximum atomic E-state index is 13.0. The summed E-state index contributed by atoms with van der Waals surface area (Å²) in [6.45, 7) is 12.1. The summed E-state index contributed by atoms with van der Waals surface area (Å²) in [7, 11) is 0.